The Hall–Kier alpha value is -0.480. The highest BCUT2D eigenvalue weighted by Crippen LogP contribution is 2.26. The molecule has 4 nitrogen and oxygen atoms in total. The molecule has 0 aromatic carbocycles. The maximum atomic E-state index is 10.9. The summed E-state index contributed by atoms with van der Waals surface area (Å²) in [4.78, 5) is 10.9. The van der Waals surface area contributed by atoms with E-state index < -0.39 is 0 Å². The van der Waals surface area contributed by atoms with Crippen LogP contribution >= 0.6 is 12.4 Å². The van der Waals surface area contributed by atoms with Crippen LogP contribution in [0.25, 0.3) is 0 Å². The minimum atomic E-state index is -0.253. The maximum absolute atomic E-state index is 10.9. The Balaban J connectivity index is 0.000000845. The first kappa shape index (κ1) is 10.6. The molecule has 2 fully saturated rings. The lowest BCUT2D eigenvalue weighted by atomic mass is 9.95. The van der Waals surface area contributed by atoms with Gasteiger partial charge in [-0.1, -0.05) is 0 Å². The van der Waals surface area contributed by atoms with Crippen LogP contribution in [0.4, 0.5) is 4.79 Å². The second-order valence-electron chi connectivity index (χ2n) is 3.53. The van der Waals surface area contributed by atoms with E-state index >= 15 is 0 Å². The van der Waals surface area contributed by atoms with Gasteiger partial charge in [0.05, 0.1) is 6.54 Å². The minimum Gasteiger partial charge on any atom is -0.441 e. The molecule has 1 unspecified atom stereocenters. The number of nitrogens with one attached hydrogen (secondary N) is 2. The fraction of sp³-hybridized carbons (Fsp3) is 0.875. The fourth-order valence-corrected chi connectivity index (χ4v) is 1.88. The molecule has 1 spiro atoms. The molecule has 1 amide bonds. The zero-order chi connectivity index (χ0) is 8.44. The van der Waals surface area contributed by atoms with Crippen molar-refractivity contribution in [1.82, 2.24) is 10.6 Å². The number of rotatable bonds is 0. The largest absolute Gasteiger partial charge is 0.441 e. The van der Waals surface area contributed by atoms with Gasteiger partial charge in [-0.3, -0.25) is 0 Å². The van der Waals surface area contributed by atoms with E-state index in [0.717, 1.165) is 32.4 Å². The van der Waals surface area contributed by atoms with Crippen LogP contribution in [0, 0.1) is 0 Å². The smallest absolute Gasteiger partial charge is 0.407 e. The van der Waals surface area contributed by atoms with Crippen molar-refractivity contribution in [2.75, 3.05) is 19.6 Å². The molecule has 2 heterocycles. The second kappa shape index (κ2) is 4.15. The number of halogens is 1. The van der Waals surface area contributed by atoms with E-state index in [1.54, 1.807) is 0 Å². The van der Waals surface area contributed by atoms with E-state index in [4.69, 9.17) is 4.74 Å². The average molecular weight is 207 g/mol. The molecule has 5 heteroatoms. The van der Waals surface area contributed by atoms with Crippen LogP contribution in [0.3, 0.4) is 0 Å². The molecule has 0 aromatic heterocycles. The first-order valence-electron chi connectivity index (χ1n) is 4.48. The Bertz CT molecular complexity index is 191. The molecule has 2 N–H and O–H groups in total. The van der Waals surface area contributed by atoms with Crippen molar-refractivity contribution in [3.05, 3.63) is 0 Å². The number of ether oxygens (including phenoxy) is 1. The van der Waals surface area contributed by atoms with Crippen LogP contribution in [0.15, 0.2) is 0 Å². The summed E-state index contributed by atoms with van der Waals surface area (Å²) in [5, 5.41) is 6.01. The summed E-state index contributed by atoms with van der Waals surface area (Å²) >= 11 is 0. The highest BCUT2D eigenvalue weighted by atomic mass is 35.5. The molecular weight excluding hydrogens is 192 g/mol. The lowest BCUT2D eigenvalue weighted by molar-refractivity contribution is 0.0470. The molecule has 2 saturated heterocycles. The van der Waals surface area contributed by atoms with Crippen molar-refractivity contribution in [3.63, 3.8) is 0 Å². The van der Waals surface area contributed by atoms with Gasteiger partial charge in [0.2, 0.25) is 0 Å². The summed E-state index contributed by atoms with van der Waals surface area (Å²) in [6.45, 7) is 2.68. The van der Waals surface area contributed by atoms with Crippen molar-refractivity contribution in [3.8, 4) is 0 Å². The quantitative estimate of drug-likeness (QED) is 0.612. The summed E-state index contributed by atoms with van der Waals surface area (Å²) in [6, 6.07) is 0. The lowest BCUT2D eigenvalue weighted by Gasteiger charge is -2.23. The van der Waals surface area contributed by atoms with Crippen molar-refractivity contribution >= 4 is 18.5 Å². The highest BCUT2D eigenvalue weighted by Gasteiger charge is 2.39. The molecule has 0 aliphatic carbocycles. The summed E-state index contributed by atoms with van der Waals surface area (Å²) in [5.74, 6) is 0. The lowest BCUT2D eigenvalue weighted by Crippen LogP contribution is -2.34. The maximum Gasteiger partial charge on any atom is 0.407 e. The van der Waals surface area contributed by atoms with Gasteiger partial charge in [-0.15, -0.1) is 12.4 Å². The summed E-state index contributed by atoms with van der Waals surface area (Å²) < 4.78 is 5.28. The van der Waals surface area contributed by atoms with Crippen LogP contribution in [0.2, 0.25) is 0 Å². The molecule has 0 radical (unpaired) electrons. The Morgan fingerprint density at radius 2 is 2.15 bits per heavy atom. The predicted octanol–water partition coefficient (Wildman–Crippen LogP) is 0.660. The third kappa shape index (κ3) is 2.25. The SMILES string of the molecule is Cl.O=C1NCC2(CCCNCC2)O1. The number of carbonyl (C=O) groups excluding carboxylic acids is 1. The molecule has 76 valence electrons. The second-order valence-corrected chi connectivity index (χ2v) is 3.53. The molecular formula is C8H15ClN2O2. The number of carbonyl (C=O) groups is 1. The summed E-state index contributed by atoms with van der Waals surface area (Å²) in [6.07, 6.45) is 2.76. The Kier molecular flexibility index (Phi) is 3.39. The van der Waals surface area contributed by atoms with E-state index in [0.29, 0.717) is 6.54 Å². The van der Waals surface area contributed by atoms with Gasteiger partial charge in [0, 0.05) is 6.42 Å². The Labute approximate surface area is 83.8 Å². The van der Waals surface area contributed by atoms with Crippen molar-refractivity contribution in [1.29, 1.82) is 0 Å². The summed E-state index contributed by atoms with van der Waals surface area (Å²) in [7, 11) is 0. The molecule has 1 atom stereocenters. The number of amides is 1. The molecule has 0 aromatic rings. The average Bonchev–Trinajstić information content (AvgIpc) is 2.30. The third-order valence-electron chi connectivity index (χ3n) is 2.61. The van der Waals surface area contributed by atoms with E-state index in [9.17, 15) is 4.79 Å². The van der Waals surface area contributed by atoms with Crippen molar-refractivity contribution in [2.45, 2.75) is 24.9 Å². The first-order chi connectivity index (χ1) is 5.81. The standard InChI is InChI=1S/C8H14N2O2.ClH/c11-7-10-6-8(12-7)2-1-4-9-5-3-8;/h9H,1-6H2,(H,10,11);1H. The predicted molar refractivity (Wildman–Crippen MR) is 51.2 cm³/mol. The number of alkyl carbamates (subject to hydrolysis) is 1. The Morgan fingerprint density at radius 1 is 1.31 bits per heavy atom. The molecule has 13 heavy (non-hydrogen) atoms. The van der Waals surface area contributed by atoms with Crippen LogP contribution < -0.4 is 10.6 Å². The van der Waals surface area contributed by atoms with Gasteiger partial charge in [-0.05, 0) is 25.9 Å². The van der Waals surface area contributed by atoms with E-state index in [-0.39, 0.29) is 24.1 Å². The first-order valence-corrected chi connectivity index (χ1v) is 4.48. The van der Waals surface area contributed by atoms with E-state index in [1.807, 2.05) is 0 Å². The van der Waals surface area contributed by atoms with Crippen LogP contribution in [0.1, 0.15) is 19.3 Å². The van der Waals surface area contributed by atoms with Crippen LogP contribution in [-0.4, -0.2) is 31.3 Å². The van der Waals surface area contributed by atoms with Gasteiger partial charge < -0.3 is 15.4 Å². The third-order valence-corrected chi connectivity index (χ3v) is 2.61. The fourth-order valence-electron chi connectivity index (χ4n) is 1.88. The Morgan fingerprint density at radius 3 is 2.85 bits per heavy atom. The topological polar surface area (TPSA) is 50.4 Å². The monoisotopic (exact) mass is 206 g/mol. The normalized spacial score (nSPS) is 33.1. The highest BCUT2D eigenvalue weighted by molar-refractivity contribution is 5.85. The van der Waals surface area contributed by atoms with Gasteiger partial charge in [0.25, 0.3) is 0 Å². The number of hydrogen-bond acceptors (Lipinski definition) is 3. The number of hydrogen-bond donors (Lipinski definition) is 2. The van der Waals surface area contributed by atoms with Gasteiger partial charge in [-0.2, -0.15) is 0 Å². The van der Waals surface area contributed by atoms with Gasteiger partial charge >= 0.3 is 6.09 Å². The van der Waals surface area contributed by atoms with Crippen molar-refractivity contribution < 1.29 is 9.53 Å². The van der Waals surface area contributed by atoms with Crippen molar-refractivity contribution in [2.24, 2.45) is 0 Å². The summed E-state index contributed by atoms with van der Waals surface area (Å²) in [5.41, 5.74) is -0.194. The minimum absolute atomic E-state index is 0. The molecule has 2 aliphatic heterocycles. The van der Waals surface area contributed by atoms with E-state index in [1.165, 1.54) is 0 Å². The zero-order valence-electron chi connectivity index (χ0n) is 7.47. The molecule has 2 aliphatic rings. The van der Waals surface area contributed by atoms with Gasteiger partial charge in [0.1, 0.15) is 5.60 Å². The van der Waals surface area contributed by atoms with Crippen LogP contribution in [0.5, 0.6) is 0 Å². The molecule has 2 rings (SSSR count). The van der Waals surface area contributed by atoms with Gasteiger partial charge in [-0.25, -0.2) is 4.79 Å². The zero-order valence-corrected chi connectivity index (χ0v) is 8.28. The van der Waals surface area contributed by atoms with Gasteiger partial charge in [0.15, 0.2) is 0 Å². The molecule has 0 saturated carbocycles. The van der Waals surface area contributed by atoms with Crippen LogP contribution in [-0.2, 0) is 4.74 Å². The van der Waals surface area contributed by atoms with E-state index in [2.05, 4.69) is 10.6 Å². The molecule has 0 bridgehead atoms.